The van der Waals surface area contributed by atoms with Gasteiger partial charge in [0, 0.05) is 30.6 Å². The molecule has 1 aliphatic rings. The number of hydrogen-bond donors (Lipinski definition) is 1. The highest BCUT2D eigenvalue weighted by molar-refractivity contribution is 6.30. The fourth-order valence-electron chi connectivity index (χ4n) is 2.83. The average molecular weight is 338 g/mol. The van der Waals surface area contributed by atoms with Crippen LogP contribution in [0.3, 0.4) is 0 Å². The first-order valence-electron chi connectivity index (χ1n) is 8.03. The summed E-state index contributed by atoms with van der Waals surface area (Å²) in [4.78, 5) is 27.6. The molecule has 126 valence electrons. The fourth-order valence-corrected chi connectivity index (χ4v) is 2.96. The molecule has 2 N–H and O–H groups in total. The predicted molar refractivity (Wildman–Crippen MR) is 90.9 cm³/mol. The van der Waals surface area contributed by atoms with Crippen molar-refractivity contribution in [1.82, 2.24) is 9.80 Å². The number of primary amides is 1. The summed E-state index contributed by atoms with van der Waals surface area (Å²) in [5.41, 5.74) is 6.46. The molecular weight excluding hydrogens is 314 g/mol. The lowest BCUT2D eigenvalue weighted by molar-refractivity contribution is -0.136. The molecule has 0 unspecified atom stereocenters. The van der Waals surface area contributed by atoms with Crippen LogP contribution < -0.4 is 5.73 Å². The van der Waals surface area contributed by atoms with Crippen molar-refractivity contribution in [1.29, 1.82) is 0 Å². The summed E-state index contributed by atoms with van der Waals surface area (Å²) < 4.78 is 0. The van der Waals surface area contributed by atoms with E-state index in [1.807, 2.05) is 36.1 Å². The molecule has 0 aromatic heterocycles. The molecule has 0 atom stereocenters. The SMILES string of the molecule is CCN(CC(=O)N1CCC(C(N)=O)CC1)Cc1ccc(Cl)cc1. The number of halogens is 1. The molecule has 6 heteroatoms. The number of likely N-dealkylation sites (N-methyl/N-ethyl adjacent to an activating group) is 1. The molecule has 1 fully saturated rings. The summed E-state index contributed by atoms with van der Waals surface area (Å²) in [6, 6.07) is 7.68. The zero-order valence-electron chi connectivity index (χ0n) is 13.5. The average Bonchev–Trinajstić information content (AvgIpc) is 2.56. The van der Waals surface area contributed by atoms with E-state index in [0.29, 0.717) is 37.5 Å². The van der Waals surface area contributed by atoms with Gasteiger partial charge < -0.3 is 10.6 Å². The Bertz CT molecular complexity index is 539. The van der Waals surface area contributed by atoms with E-state index in [9.17, 15) is 9.59 Å². The first-order chi connectivity index (χ1) is 11.0. The number of nitrogens with two attached hydrogens (primary N) is 1. The summed E-state index contributed by atoms with van der Waals surface area (Å²) in [5, 5.41) is 0.713. The molecule has 1 aromatic carbocycles. The Kier molecular flexibility index (Phi) is 6.42. The Labute approximate surface area is 142 Å². The molecule has 1 aromatic rings. The third kappa shape index (κ3) is 5.22. The number of rotatable bonds is 6. The Hall–Kier alpha value is -1.59. The number of carbonyl (C=O) groups is 2. The van der Waals surface area contributed by atoms with Crippen LogP contribution in [-0.2, 0) is 16.1 Å². The van der Waals surface area contributed by atoms with Gasteiger partial charge in [0.2, 0.25) is 11.8 Å². The minimum Gasteiger partial charge on any atom is -0.369 e. The van der Waals surface area contributed by atoms with Crippen LogP contribution in [0.5, 0.6) is 0 Å². The van der Waals surface area contributed by atoms with Gasteiger partial charge in [0.15, 0.2) is 0 Å². The Balaban J connectivity index is 1.85. The minimum atomic E-state index is -0.255. The number of amides is 2. The highest BCUT2D eigenvalue weighted by Crippen LogP contribution is 2.17. The molecule has 0 spiro atoms. The van der Waals surface area contributed by atoms with Crippen molar-refractivity contribution in [2.45, 2.75) is 26.3 Å². The molecule has 2 rings (SSSR count). The molecule has 1 heterocycles. The number of likely N-dealkylation sites (tertiary alicyclic amines) is 1. The van der Waals surface area contributed by atoms with Crippen LogP contribution in [-0.4, -0.2) is 47.8 Å². The first kappa shape index (κ1) is 17.8. The number of hydrogen-bond acceptors (Lipinski definition) is 3. The second-order valence-electron chi connectivity index (χ2n) is 5.99. The molecule has 1 aliphatic heterocycles. The van der Waals surface area contributed by atoms with Gasteiger partial charge in [-0.3, -0.25) is 14.5 Å². The van der Waals surface area contributed by atoms with Crippen molar-refractivity contribution in [2.75, 3.05) is 26.2 Å². The fraction of sp³-hybridized carbons (Fsp3) is 0.529. The number of benzene rings is 1. The van der Waals surface area contributed by atoms with Crippen molar-refractivity contribution >= 4 is 23.4 Å². The van der Waals surface area contributed by atoms with Crippen molar-refractivity contribution in [2.24, 2.45) is 11.7 Å². The maximum atomic E-state index is 12.4. The van der Waals surface area contributed by atoms with Crippen molar-refractivity contribution < 1.29 is 9.59 Å². The van der Waals surface area contributed by atoms with Crippen LogP contribution in [0, 0.1) is 5.92 Å². The molecule has 0 aliphatic carbocycles. The lowest BCUT2D eigenvalue weighted by Gasteiger charge is -2.32. The largest absolute Gasteiger partial charge is 0.369 e. The maximum absolute atomic E-state index is 12.4. The molecule has 1 saturated heterocycles. The second-order valence-corrected chi connectivity index (χ2v) is 6.42. The quantitative estimate of drug-likeness (QED) is 0.862. The topological polar surface area (TPSA) is 66.6 Å². The van der Waals surface area contributed by atoms with Gasteiger partial charge in [0.1, 0.15) is 0 Å². The highest BCUT2D eigenvalue weighted by Gasteiger charge is 2.26. The van der Waals surface area contributed by atoms with Crippen LogP contribution >= 0.6 is 11.6 Å². The van der Waals surface area contributed by atoms with Gasteiger partial charge in [-0.25, -0.2) is 0 Å². The number of piperidine rings is 1. The summed E-state index contributed by atoms with van der Waals surface area (Å²) in [7, 11) is 0. The van der Waals surface area contributed by atoms with Gasteiger partial charge in [-0.1, -0.05) is 30.7 Å². The zero-order valence-corrected chi connectivity index (χ0v) is 14.3. The van der Waals surface area contributed by atoms with Crippen LogP contribution in [0.25, 0.3) is 0 Å². The van der Waals surface area contributed by atoms with Gasteiger partial charge in [0.25, 0.3) is 0 Å². The zero-order chi connectivity index (χ0) is 16.8. The standard InChI is InChI=1S/C17H24ClN3O2/c1-2-20(11-13-3-5-15(18)6-4-13)12-16(22)21-9-7-14(8-10-21)17(19)23/h3-6,14H,2,7-12H2,1H3,(H2,19,23). The molecule has 0 saturated carbocycles. The predicted octanol–water partition coefficient (Wildman–Crippen LogP) is 1.89. The van der Waals surface area contributed by atoms with E-state index < -0.39 is 0 Å². The third-order valence-electron chi connectivity index (χ3n) is 4.38. The molecule has 23 heavy (non-hydrogen) atoms. The van der Waals surface area contributed by atoms with E-state index in [4.69, 9.17) is 17.3 Å². The van der Waals surface area contributed by atoms with Gasteiger partial charge >= 0.3 is 0 Å². The smallest absolute Gasteiger partial charge is 0.236 e. The highest BCUT2D eigenvalue weighted by atomic mass is 35.5. The first-order valence-corrected chi connectivity index (χ1v) is 8.41. The molecule has 2 amide bonds. The number of carbonyl (C=O) groups excluding carboxylic acids is 2. The monoisotopic (exact) mass is 337 g/mol. The van der Waals surface area contributed by atoms with Gasteiger partial charge in [-0.15, -0.1) is 0 Å². The Morgan fingerprint density at radius 1 is 1.26 bits per heavy atom. The number of nitrogens with zero attached hydrogens (tertiary/aromatic N) is 2. The van der Waals surface area contributed by atoms with Crippen LogP contribution in [0.1, 0.15) is 25.3 Å². The lowest BCUT2D eigenvalue weighted by Crippen LogP contribution is -2.45. The summed E-state index contributed by atoms with van der Waals surface area (Å²) >= 11 is 5.89. The van der Waals surface area contributed by atoms with Crippen molar-refractivity contribution in [3.05, 3.63) is 34.9 Å². The normalized spacial score (nSPS) is 15.9. The Morgan fingerprint density at radius 3 is 2.39 bits per heavy atom. The molecule has 0 radical (unpaired) electrons. The van der Waals surface area contributed by atoms with Crippen LogP contribution in [0.15, 0.2) is 24.3 Å². The lowest BCUT2D eigenvalue weighted by atomic mass is 9.96. The van der Waals surface area contributed by atoms with Crippen LogP contribution in [0.4, 0.5) is 0 Å². The van der Waals surface area contributed by atoms with E-state index in [1.54, 1.807) is 0 Å². The summed E-state index contributed by atoms with van der Waals surface area (Å²) in [6.07, 6.45) is 1.34. The van der Waals surface area contributed by atoms with Gasteiger partial charge in [-0.05, 0) is 37.1 Å². The molecule has 5 nitrogen and oxygen atoms in total. The second kappa shape index (κ2) is 8.31. The molecular formula is C17H24ClN3O2. The summed E-state index contributed by atoms with van der Waals surface area (Å²) in [6.45, 7) is 5.18. The van der Waals surface area contributed by atoms with E-state index in [-0.39, 0.29) is 17.7 Å². The van der Waals surface area contributed by atoms with Crippen molar-refractivity contribution in [3.63, 3.8) is 0 Å². The van der Waals surface area contributed by atoms with E-state index in [2.05, 4.69) is 4.90 Å². The van der Waals surface area contributed by atoms with Crippen molar-refractivity contribution in [3.8, 4) is 0 Å². The molecule has 0 bridgehead atoms. The summed E-state index contributed by atoms with van der Waals surface area (Å²) in [5.74, 6) is -0.228. The van der Waals surface area contributed by atoms with E-state index in [0.717, 1.165) is 18.7 Å². The van der Waals surface area contributed by atoms with Gasteiger partial charge in [0.05, 0.1) is 6.54 Å². The van der Waals surface area contributed by atoms with Crippen LogP contribution in [0.2, 0.25) is 5.02 Å². The van der Waals surface area contributed by atoms with E-state index >= 15 is 0 Å². The maximum Gasteiger partial charge on any atom is 0.236 e. The van der Waals surface area contributed by atoms with E-state index in [1.165, 1.54) is 0 Å². The Morgan fingerprint density at radius 2 is 1.87 bits per heavy atom. The minimum absolute atomic E-state index is 0.0876. The van der Waals surface area contributed by atoms with Gasteiger partial charge in [-0.2, -0.15) is 0 Å². The third-order valence-corrected chi connectivity index (χ3v) is 4.63.